The van der Waals surface area contributed by atoms with Crippen molar-refractivity contribution < 1.29 is 17.6 Å². The van der Waals surface area contributed by atoms with Gasteiger partial charge in [0.05, 0.1) is 0 Å². The topological polar surface area (TPSA) is 106 Å². The Kier molecular flexibility index (Phi) is 4.40. The molecule has 1 saturated carbocycles. The molecule has 1 amide bonds. The molecule has 2 rings (SSSR count). The fourth-order valence-corrected chi connectivity index (χ4v) is 3.07. The molecule has 1 atom stereocenters. The molecule has 0 aliphatic heterocycles. The molecule has 3 N–H and O–H groups in total. The highest BCUT2D eigenvalue weighted by Gasteiger charge is 2.29. The second-order valence-electron chi connectivity index (χ2n) is 5.53. The molecule has 7 nitrogen and oxygen atoms in total. The van der Waals surface area contributed by atoms with Crippen molar-refractivity contribution in [1.29, 1.82) is 0 Å². The first kappa shape index (κ1) is 16.0. The van der Waals surface area contributed by atoms with Gasteiger partial charge in [-0.25, -0.2) is 12.7 Å². The first-order valence-electron chi connectivity index (χ1n) is 6.80. The number of rotatable bonds is 6. The second-order valence-corrected chi connectivity index (χ2v) is 7.65. The number of carbonyl (C=O) groups is 1. The van der Waals surface area contributed by atoms with Gasteiger partial charge in [0.25, 0.3) is 5.91 Å². The van der Waals surface area contributed by atoms with E-state index in [2.05, 4.69) is 5.32 Å². The third-order valence-corrected chi connectivity index (χ3v) is 5.50. The molecule has 1 aromatic heterocycles. The molecule has 1 fully saturated rings. The Morgan fingerprint density at radius 3 is 2.67 bits per heavy atom. The molecule has 0 spiro atoms. The van der Waals surface area contributed by atoms with Gasteiger partial charge in [-0.2, -0.15) is 0 Å². The van der Waals surface area contributed by atoms with Gasteiger partial charge in [-0.15, -0.1) is 0 Å². The van der Waals surface area contributed by atoms with Crippen LogP contribution in [0.2, 0.25) is 0 Å². The number of aryl methyl sites for hydroxylation is 1. The van der Waals surface area contributed by atoms with Gasteiger partial charge >= 0.3 is 0 Å². The van der Waals surface area contributed by atoms with Crippen LogP contribution in [0.25, 0.3) is 0 Å². The number of hydrogen-bond acceptors (Lipinski definition) is 5. The van der Waals surface area contributed by atoms with E-state index in [1.54, 1.807) is 0 Å². The number of nitrogens with two attached hydrogens (primary N) is 1. The van der Waals surface area contributed by atoms with E-state index < -0.39 is 15.9 Å². The summed E-state index contributed by atoms with van der Waals surface area (Å²) < 4.78 is 30.5. The van der Waals surface area contributed by atoms with Crippen LogP contribution in [0.4, 0.5) is 0 Å². The molecule has 1 aliphatic carbocycles. The van der Waals surface area contributed by atoms with Gasteiger partial charge in [0.15, 0.2) is 5.76 Å². The third kappa shape index (κ3) is 3.45. The van der Waals surface area contributed by atoms with E-state index >= 15 is 0 Å². The predicted molar refractivity (Wildman–Crippen MR) is 77.4 cm³/mol. The number of hydrogen-bond donors (Lipinski definition) is 2. The van der Waals surface area contributed by atoms with Crippen LogP contribution in [0.15, 0.2) is 15.4 Å². The average molecular weight is 315 g/mol. The lowest BCUT2D eigenvalue weighted by molar-refractivity contribution is 0.0921. The van der Waals surface area contributed by atoms with Crippen molar-refractivity contribution in [3.05, 3.63) is 17.6 Å². The molecule has 0 saturated heterocycles. The van der Waals surface area contributed by atoms with Crippen LogP contribution in [0.3, 0.4) is 0 Å². The van der Waals surface area contributed by atoms with Crippen molar-refractivity contribution in [2.24, 2.45) is 11.7 Å². The summed E-state index contributed by atoms with van der Waals surface area (Å²) in [5, 5.41) is 2.68. The maximum atomic E-state index is 12.1. The van der Waals surface area contributed by atoms with Gasteiger partial charge < -0.3 is 15.5 Å². The summed E-state index contributed by atoms with van der Waals surface area (Å²) in [6.45, 7) is 1.88. The van der Waals surface area contributed by atoms with Crippen LogP contribution in [0, 0.1) is 12.8 Å². The predicted octanol–water partition coefficient (Wildman–Crippen LogP) is 0.305. The van der Waals surface area contributed by atoms with E-state index in [0.29, 0.717) is 12.5 Å². The molecular weight excluding hydrogens is 294 g/mol. The summed E-state index contributed by atoms with van der Waals surface area (Å²) in [7, 11) is -0.767. The van der Waals surface area contributed by atoms with Gasteiger partial charge in [-0.1, -0.05) is 0 Å². The Balaban J connectivity index is 2.09. The van der Waals surface area contributed by atoms with Crippen LogP contribution in [0.5, 0.6) is 0 Å². The molecule has 0 radical (unpaired) electrons. The van der Waals surface area contributed by atoms with Crippen LogP contribution in [-0.2, 0) is 10.0 Å². The number of amides is 1. The lowest BCUT2D eigenvalue weighted by atomic mass is 10.2. The van der Waals surface area contributed by atoms with Crippen molar-refractivity contribution >= 4 is 15.9 Å². The molecule has 1 aliphatic rings. The van der Waals surface area contributed by atoms with Gasteiger partial charge in [-0.3, -0.25) is 4.79 Å². The Hall–Kier alpha value is -1.38. The molecule has 1 aromatic rings. The average Bonchev–Trinajstić information content (AvgIpc) is 3.18. The van der Waals surface area contributed by atoms with Crippen molar-refractivity contribution in [2.75, 3.05) is 20.6 Å². The number of nitrogens with one attached hydrogen (secondary N) is 1. The first-order valence-corrected chi connectivity index (χ1v) is 8.24. The van der Waals surface area contributed by atoms with Crippen LogP contribution < -0.4 is 11.1 Å². The normalized spacial score (nSPS) is 17.0. The Morgan fingerprint density at radius 1 is 1.52 bits per heavy atom. The molecule has 0 aromatic carbocycles. The summed E-state index contributed by atoms with van der Waals surface area (Å²) in [5.41, 5.74) is 5.90. The Labute approximate surface area is 124 Å². The molecule has 1 heterocycles. The minimum atomic E-state index is -3.62. The molecular formula is C13H21N3O4S. The number of nitrogens with zero attached hydrogens (tertiary/aromatic N) is 1. The number of carbonyl (C=O) groups excluding carboxylic acids is 1. The standard InChI is InChI=1S/C13H21N3O4S/c1-8-12(21(18,19)16(2)3)6-11(20-8)13(17)15-7-10(14)9-4-5-9/h6,9-10H,4-5,7,14H2,1-3H3,(H,15,17). The van der Waals surface area contributed by atoms with Crippen molar-refractivity contribution in [1.82, 2.24) is 9.62 Å². The quantitative estimate of drug-likeness (QED) is 0.785. The largest absolute Gasteiger partial charge is 0.455 e. The Morgan fingerprint density at radius 2 is 2.14 bits per heavy atom. The molecule has 21 heavy (non-hydrogen) atoms. The lowest BCUT2D eigenvalue weighted by Crippen LogP contribution is -2.38. The van der Waals surface area contributed by atoms with Crippen molar-refractivity contribution in [2.45, 2.75) is 30.7 Å². The zero-order valence-corrected chi connectivity index (χ0v) is 13.2. The summed E-state index contributed by atoms with van der Waals surface area (Å²) in [4.78, 5) is 12.0. The zero-order chi connectivity index (χ0) is 15.8. The fourth-order valence-electron chi connectivity index (χ4n) is 2.02. The molecule has 0 bridgehead atoms. The fraction of sp³-hybridized carbons (Fsp3) is 0.615. The van der Waals surface area contributed by atoms with Crippen LogP contribution in [0.1, 0.15) is 29.2 Å². The smallest absolute Gasteiger partial charge is 0.287 e. The van der Waals surface area contributed by atoms with E-state index in [4.69, 9.17) is 10.2 Å². The summed E-state index contributed by atoms with van der Waals surface area (Å²) >= 11 is 0. The van der Waals surface area contributed by atoms with Gasteiger partial charge in [0.2, 0.25) is 10.0 Å². The van der Waals surface area contributed by atoms with E-state index in [9.17, 15) is 13.2 Å². The van der Waals surface area contributed by atoms with E-state index in [-0.39, 0.29) is 22.5 Å². The highest BCUT2D eigenvalue weighted by molar-refractivity contribution is 7.89. The van der Waals surface area contributed by atoms with E-state index in [0.717, 1.165) is 17.1 Å². The maximum absolute atomic E-state index is 12.1. The van der Waals surface area contributed by atoms with Gasteiger partial charge in [0, 0.05) is 32.7 Å². The zero-order valence-electron chi connectivity index (χ0n) is 12.4. The van der Waals surface area contributed by atoms with E-state index in [1.807, 2.05) is 0 Å². The van der Waals surface area contributed by atoms with Crippen molar-refractivity contribution in [3.8, 4) is 0 Å². The molecule has 118 valence electrons. The lowest BCUT2D eigenvalue weighted by Gasteiger charge is -2.10. The first-order chi connectivity index (χ1) is 9.73. The monoisotopic (exact) mass is 315 g/mol. The number of furan rings is 1. The summed E-state index contributed by atoms with van der Waals surface area (Å²) in [5.74, 6) is 0.207. The third-order valence-electron chi connectivity index (χ3n) is 3.58. The minimum Gasteiger partial charge on any atom is -0.455 e. The SMILES string of the molecule is Cc1oc(C(=O)NCC(N)C2CC2)cc1S(=O)(=O)N(C)C. The van der Waals surface area contributed by atoms with Crippen LogP contribution >= 0.6 is 0 Å². The molecule has 1 unspecified atom stereocenters. The Bertz CT molecular complexity index is 632. The maximum Gasteiger partial charge on any atom is 0.287 e. The van der Waals surface area contributed by atoms with Crippen molar-refractivity contribution in [3.63, 3.8) is 0 Å². The van der Waals surface area contributed by atoms with Gasteiger partial charge in [0.1, 0.15) is 10.7 Å². The second kappa shape index (κ2) is 5.78. The van der Waals surface area contributed by atoms with Crippen LogP contribution in [-0.4, -0.2) is 45.3 Å². The summed E-state index contributed by atoms with van der Waals surface area (Å²) in [6.07, 6.45) is 2.20. The number of sulfonamides is 1. The summed E-state index contributed by atoms with van der Waals surface area (Å²) in [6, 6.07) is 1.19. The molecule has 8 heteroatoms. The highest BCUT2D eigenvalue weighted by Crippen LogP contribution is 2.31. The van der Waals surface area contributed by atoms with Gasteiger partial charge in [-0.05, 0) is 25.7 Å². The minimum absolute atomic E-state index is 0.00383. The highest BCUT2D eigenvalue weighted by atomic mass is 32.2. The van der Waals surface area contributed by atoms with E-state index in [1.165, 1.54) is 27.1 Å².